The fourth-order valence-electron chi connectivity index (χ4n) is 2.64. The maximum atomic E-state index is 12.6. The SMILES string of the molecule is COC(=O)c1cc(CNC(=O)[C@@H](c2ccncc2)C(C)C)oc1C. The Labute approximate surface area is 141 Å². The van der Waals surface area contributed by atoms with Crippen molar-refractivity contribution in [3.63, 3.8) is 0 Å². The van der Waals surface area contributed by atoms with Crippen LogP contribution in [0.25, 0.3) is 0 Å². The van der Waals surface area contributed by atoms with Crippen molar-refractivity contribution in [3.05, 3.63) is 53.2 Å². The lowest BCUT2D eigenvalue weighted by atomic mass is 9.88. The summed E-state index contributed by atoms with van der Waals surface area (Å²) in [6.45, 7) is 5.89. The minimum Gasteiger partial charge on any atom is -0.465 e. The normalized spacial score (nSPS) is 12.0. The zero-order valence-corrected chi connectivity index (χ0v) is 14.3. The van der Waals surface area contributed by atoms with E-state index in [0.717, 1.165) is 5.56 Å². The highest BCUT2D eigenvalue weighted by atomic mass is 16.5. The first-order valence-electron chi connectivity index (χ1n) is 7.79. The van der Waals surface area contributed by atoms with Gasteiger partial charge in [-0.3, -0.25) is 9.78 Å². The lowest BCUT2D eigenvalue weighted by molar-refractivity contribution is -0.123. The number of ether oxygens (including phenoxy) is 1. The zero-order valence-electron chi connectivity index (χ0n) is 14.3. The number of carbonyl (C=O) groups is 2. The molecule has 0 unspecified atom stereocenters. The molecule has 0 bridgehead atoms. The summed E-state index contributed by atoms with van der Waals surface area (Å²) in [5.74, 6) is 0.301. The number of methoxy groups -OCH3 is 1. The summed E-state index contributed by atoms with van der Waals surface area (Å²) in [5, 5.41) is 2.87. The van der Waals surface area contributed by atoms with Crippen molar-refractivity contribution in [1.82, 2.24) is 10.3 Å². The second-order valence-corrected chi connectivity index (χ2v) is 5.89. The van der Waals surface area contributed by atoms with Crippen LogP contribution in [0.1, 0.15) is 47.2 Å². The number of pyridine rings is 1. The molecule has 0 aliphatic heterocycles. The molecule has 1 N–H and O–H groups in total. The molecule has 0 radical (unpaired) electrons. The summed E-state index contributed by atoms with van der Waals surface area (Å²) < 4.78 is 10.2. The van der Waals surface area contributed by atoms with E-state index in [2.05, 4.69) is 10.3 Å². The first-order chi connectivity index (χ1) is 11.4. The van der Waals surface area contributed by atoms with Crippen molar-refractivity contribution >= 4 is 11.9 Å². The van der Waals surface area contributed by atoms with Crippen LogP contribution in [0.5, 0.6) is 0 Å². The van der Waals surface area contributed by atoms with Crippen LogP contribution in [0.15, 0.2) is 35.0 Å². The van der Waals surface area contributed by atoms with E-state index < -0.39 is 5.97 Å². The van der Waals surface area contributed by atoms with Gasteiger partial charge in [0.05, 0.1) is 19.6 Å². The first-order valence-corrected chi connectivity index (χ1v) is 7.79. The Morgan fingerprint density at radius 1 is 1.29 bits per heavy atom. The van der Waals surface area contributed by atoms with Crippen LogP contribution in [0.2, 0.25) is 0 Å². The predicted octanol–water partition coefficient (Wildman–Crippen LogP) is 2.83. The van der Waals surface area contributed by atoms with Gasteiger partial charge in [0.15, 0.2) is 0 Å². The van der Waals surface area contributed by atoms with Gasteiger partial charge in [-0.25, -0.2) is 4.79 Å². The van der Waals surface area contributed by atoms with Crippen LogP contribution in [-0.4, -0.2) is 24.0 Å². The number of aromatic nitrogens is 1. The van der Waals surface area contributed by atoms with Crippen LogP contribution in [-0.2, 0) is 16.1 Å². The quantitative estimate of drug-likeness (QED) is 0.824. The average molecular weight is 330 g/mol. The zero-order chi connectivity index (χ0) is 17.7. The Bertz CT molecular complexity index is 707. The van der Waals surface area contributed by atoms with Gasteiger partial charge in [-0.15, -0.1) is 0 Å². The molecule has 2 aromatic rings. The minimum atomic E-state index is -0.453. The standard InChI is InChI=1S/C18H22N2O4/c1-11(2)16(13-5-7-19-8-6-13)17(21)20-10-14-9-15(12(3)24-14)18(22)23-4/h5-9,11,16H,10H2,1-4H3,(H,20,21)/t16-/m1/s1. The monoisotopic (exact) mass is 330 g/mol. The number of carbonyl (C=O) groups excluding carboxylic acids is 2. The number of rotatable bonds is 6. The number of esters is 1. The summed E-state index contributed by atoms with van der Waals surface area (Å²) in [5.41, 5.74) is 1.29. The maximum absolute atomic E-state index is 12.6. The van der Waals surface area contributed by atoms with E-state index in [9.17, 15) is 9.59 Å². The molecule has 24 heavy (non-hydrogen) atoms. The number of hydrogen-bond donors (Lipinski definition) is 1. The molecule has 0 saturated heterocycles. The first kappa shape index (κ1) is 17.7. The molecule has 2 aromatic heterocycles. The van der Waals surface area contributed by atoms with Crippen LogP contribution in [0.3, 0.4) is 0 Å². The van der Waals surface area contributed by atoms with Crippen molar-refractivity contribution in [3.8, 4) is 0 Å². The lowest BCUT2D eigenvalue weighted by Gasteiger charge is -2.20. The number of amides is 1. The predicted molar refractivity (Wildman–Crippen MR) is 88.4 cm³/mol. The Morgan fingerprint density at radius 3 is 2.54 bits per heavy atom. The topological polar surface area (TPSA) is 81.4 Å². The second-order valence-electron chi connectivity index (χ2n) is 5.89. The highest BCUT2D eigenvalue weighted by Gasteiger charge is 2.24. The Morgan fingerprint density at radius 2 is 1.96 bits per heavy atom. The molecule has 6 nitrogen and oxygen atoms in total. The minimum absolute atomic E-state index is 0.0927. The van der Waals surface area contributed by atoms with E-state index in [1.54, 1.807) is 25.4 Å². The molecule has 0 saturated carbocycles. The summed E-state index contributed by atoms with van der Waals surface area (Å²) in [6.07, 6.45) is 3.35. The second kappa shape index (κ2) is 7.77. The largest absolute Gasteiger partial charge is 0.465 e. The molecule has 128 valence electrons. The van der Waals surface area contributed by atoms with Gasteiger partial charge >= 0.3 is 5.97 Å². The summed E-state index contributed by atoms with van der Waals surface area (Å²) in [4.78, 5) is 28.2. The van der Waals surface area contributed by atoms with E-state index in [4.69, 9.17) is 9.15 Å². The van der Waals surface area contributed by atoms with Crippen molar-refractivity contribution < 1.29 is 18.7 Å². The molecular weight excluding hydrogens is 308 g/mol. The Kier molecular flexibility index (Phi) is 5.73. The van der Waals surface area contributed by atoms with Crippen molar-refractivity contribution in [2.45, 2.75) is 33.2 Å². The van der Waals surface area contributed by atoms with Gasteiger partial charge < -0.3 is 14.5 Å². The molecule has 1 amide bonds. The van der Waals surface area contributed by atoms with Crippen LogP contribution in [0.4, 0.5) is 0 Å². The van der Waals surface area contributed by atoms with Gasteiger partial charge in [0.1, 0.15) is 17.1 Å². The molecule has 0 fully saturated rings. The van der Waals surface area contributed by atoms with Crippen molar-refractivity contribution in [2.75, 3.05) is 7.11 Å². The van der Waals surface area contributed by atoms with E-state index >= 15 is 0 Å². The Balaban J connectivity index is 2.08. The summed E-state index contributed by atoms with van der Waals surface area (Å²) >= 11 is 0. The van der Waals surface area contributed by atoms with Gasteiger partial charge in [-0.1, -0.05) is 13.8 Å². The molecular formula is C18H22N2O4. The number of nitrogens with zero attached hydrogens (tertiary/aromatic N) is 1. The third-order valence-electron chi connectivity index (χ3n) is 3.83. The van der Waals surface area contributed by atoms with Gasteiger partial charge in [-0.2, -0.15) is 0 Å². The number of furan rings is 1. The fourth-order valence-corrected chi connectivity index (χ4v) is 2.64. The van der Waals surface area contributed by atoms with E-state index in [0.29, 0.717) is 17.1 Å². The van der Waals surface area contributed by atoms with E-state index in [-0.39, 0.29) is 24.3 Å². The molecule has 1 atom stereocenters. The van der Waals surface area contributed by atoms with Gasteiger partial charge in [-0.05, 0) is 36.6 Å². The van der Waals surface area contributed by atoms with Crippen molar-refractivity contribution in [2.24, 2.45) is 5.92 Å². The van der Waals surface area contributed by atoms with Gasteiger partial charge in [0.2, 0.25) is 5.91 Å². The van der Waals surface area contributed by atoms with Crippen LogP contribution < -0.4 is 5.32 Å². The van der Waals surface area contributed by atoms with Crippen LogP contribution in [0, 0.1) is 12.8 Å². The van der Waals surface area contributed by atoms with Gasteiger partial charge in [0, 0.05) is 12.4 Å². The highest BCUT2D eigenvalue weighted by Crippen LogP contribution is 2.24. The fraction of sp³-hybridized carbons (Fsp3) is 0.389. The summed E-state index contributed by atoms with van der Waals surface area (Å²) in [6, 6.07) is 5.28. The molecule has 2 rings (SSSR count). The molecule has 0 aliphatic rings. The molecule has 6 heteroatoms. The van der Waals surface area contributed by atoms with Gasteiger partial charge in [0.25, 0.3) is 0 Å². The number of aryl methyl sites for hydroxylation is 1. The van der Waals surface area contributed by atoms with E-state index in [1.807, 2.05) is 26.0 Å². The molecule has 0 aromatic carbocycles. The molecule has 2 heterocycles. The lowest BCUT2D eigenvalue weighted by Crippen LogP contribution is -2.31. The summed E-state index contributed by atoms with van der Waals surface area (Å²) in [7, 11) is 1.32. The smallest absolute Gasteiger partial charge is 0.341 e. The molecule has 0 aliphatic carbocycles. The maximum Gasteiger partial charge on any atom is 0.341 e. The van der Waals surface area contributed by atoms with Crippen LogP contribution >= 0.6 is 0 Å². The highest BCUT2D eigenvalue weighted by molar-refractivity contribution is 5.90. The third-order valence-corrected chi connectivity index (χ3v) is 3.83. The van der Waals surface area contributed by atoms with E-state index in [1.165, 1.54) is 7.11 Å². The average Bonchev–Trinajstić information content (AvgIpc) is 2.94. The number of nitrogens with one attached hydrogen (secondary N) is 1. The Hall–Kier alpha value is -2.63. The number of hydrogen-bond acceptors (Lipinski definition) is 5. The van der Waals surface area contributed by atoms with Crippen molar-refractivity contribution in [1.29, 1.82) is 0 Å². The third kappa shape index (κ3) is 4.01. The molecule has 0 spiro atoms.